The molecule has 0 aliphatic carbocycles. The standard InChI is InChI=1S/C13H15N3O3S/c14-6-9-3-5-20-12(9)15-11(17)8-16-4-1-2-10(7-16)13(18)19/h3,5,10H,1-2,4,7-8H2,(H,15,17)(H,18,19). The molecule has 0 aromatic carbocycles. The fourth-order valence-corrected chi connectivity index (χ4v) is 3.02. The van der Waals surface area contributed by atoms with E-state index in [1.807, 2.05) is 11.0 Å². The smallest absolute Gasteiger partial charge is 0.307 e. The molecule has 1 aliphatic rings. The summed E-state index contributed by atoms with van der Waals surface area (Å²) in [6.07, 6.45) is 1.45. The van der Waals surface area contributed by atoms with Gasteiger partial charge in [-0.25, -0.2) is 0 Å². The first-order valence-electron chi connectivity index (χ1n) is 6.32. The van der Waals surface area contributed by atoms with Crippen LogP contribution in [-0.4, -0.2) is 41.5 Å². The molecule has 0 radical (unpaired) electrons. The maximum atomic E-state index is 11.9. The maximum absolute atomic E-state index is 11.9. The third-order valence-corrected chi connectivity index (χ3v) is 4.09. The number of hydrogen-bond donors (Lipinski definition) is 2. The van der Waals surface area contributed by atoms with Crippen LogP contribution in [-0.2, 0) is 9.59 Å². The van der Waals surface area contributed by atoms with Crippen molar-refractivity contribution in [3.8, 4) is 6.07 Å². The van der Waals surface area contributed by atoms with Gasteiger partial charge in [0.1, 0.15) is 11.1 Å². The second-order valence-corrected chi connectivity index (χ2v) is 5.65. The average Bonchev–Trinajstić information content (AvgIpc) is 2.86. The number of thiophene rings is 1. The molecule has 7 heteroatoms. The number of carbonyl (C=O) groups excluding carboxylic acids is 1. The van der Waals surface area contributed by atoms with E-state index in [4.69, 9.17) is 10.4 Å². The maximum Gasteiger partial charge on any atom is 0.307 e. The lowest BCUT2D eigenvalue weighted by molar-refractivity contribution is -0.144. The Kier molecular flexibility index (Phi) is 4.71. The molecule has 106 valence electrons. The lowest BCUT2D eigenvalue weighted by Gasteiger charge is -2.29. The lowest BCUT2D eigenvalue weighted by Crippen LogP contribution is -2.42. The highest BCUT2D eigenvalue weighted by molar-refractivity contribution is 7.14. The molecule has 1 fully saturated rings. The van der Waals surface area contributed by atoms with Crippen molar-refractivity contribution in [2.75, 3.05) is 25.0 Å². The molecule has 1 aromatic rings. The van der Waals surface area contributed by atoms with Crippen molar-refractivity contribution < 1.29 is 14.7 Å². The lowest BCUT2D eigenvalue weighted by atomic mass is 9.98. The summed E-state index contributed by atoms with van der Waals surface area (Å²) in [6.45, 7) is 1.29. The number of piperidine rings is 1. The first-order valence-corrected chi connectivity index (χ1v) is 7.20. The number of nitriles is 1. The number of hydrogen-bond acceptors (Lipinski definition) is 5. The SMILES string of the molecule is N#Cc1ccsc1NC(=O)CN1CCCC(C(=O)O)C1. The summed E-state index contributed by atoms with van der Waals surface area (Å²) in [7, 11) is 0. The number of nitrogens with one attached hydrogen (secondary N) is 1. The van der Waals surface area contributed by atoms with Crippen molar-refractivity contribution in [3.05, 3.63) is 17.0 Å². The highest BCUT2D eigenvalue weighted by Gasteiger charge is 2.26. The Morgan fingerprint density at radius 3 is 3.10 bits per heavy atom. The monoisotopic (exact) mass is 293 g/mol. The van der Waals surface area contributed by atoms with Gasteiger partial charge in [-0.05, 0) is 30.8 Å². The van der Waals surface area contributed by atoms with Crippen LogP contribution in [0.1, 0.15) is 18.4 Å². The van der Waals surface area contributed by atoms with Crippen LogP contribution in [0.5, 0.6) is 0 Å². The normalized spacial score (nSPS) is 19.2. The van der Waals surface area contributed by atoms with E-state index in [0.717, 1.165) is 13.0 Å². The number of carboxylic acids is 1. The minimum Gasteiger partial charge on any atom is -0.481 e. The van der Waals surface area contributed by atoms with Gasteiger partial charge < -0.3 is 10.4 Å². The van der Waals surface area contributed by atoms with Crippen LogP contribution in [0.4, 0.5) is 5.00 Å². The predicted molar refractivity (Wildman–Crippen MR) is 74.5 cm³/mol. The highest BCUT2D eigenvalue weighted by Crippen LogP contribution is 2.22. The van der Waals surface area contributed by atoms with E-state index in [2.05, 4.69) is 5.32 Å². The molecule has 2 rings (SSSR count). The largest absolute Gasteiger partial charge is 0.481 e. The number of carbonyl (C=O) groups is 2. The summed E-state index contributed by atoms with van der Waals surface area (Å²) in [6, 6.07) is 3.67. The Hall–Kier alpha value is -1.91. The van der Waals surface area contributed by atoms with Gasteiger partial charge in [-0.3, -0.25) is 14.5 Å². The molecule has 0 bridgehead atoms. The summed E-state index contributed by atoms with van der Waals surface area (Å²) in [4.78, 5) is 24.7. The van der Waals surface area contributed by atoms with Gasteiger partial charge in [0.2, 0.25) is 5.91 Å². The molecular weight excluding hydrogens is 278 g/mol. The Labute approximate surface area is 120 Å². The van der Waals surface area contributed by atoms with Gasteiger partial charge in [-0.1, -0.05) is 0 Å². The third-order valence-electron chi connectivity index (χ3n) is 3.26. The zero-order chi connectivity index (χ0) is 14.5. The summed E-state index contributed by atoms with van der Waals surface area (Å²) in [5.74, 6) is -1.41. The molecule has 1 saturated heterocycles. The van der Waals surface area contributed by atoms with Crippen LogP contribution in [0, 0.1) is 17.2 Å². The molecule has 2 heterocycles. The summed E-state index contributed by atoms with van der Waals surface area (Å²) >= 11 is 1.30. The number of carboxylic acid groups (broad SMARTS) is 1. The number of rotatable bonds is 4. The van der Waals surface area contributed by atoms with E-state index in [0.29, 0.717) is 23.5 Å². The zero-order valence-corrected chi connectivity index (χ0v) is 11.7. The Balaban J connectivity index is 1.88. The molecular formula is C13H15N3O3S. The van der Waals surface area contributed by atoms with Gasteiger partial charge in [0, 0.05) is 6.54 Å². The van der Waals surface area contributed by atoms with Gasteiger partial charge in [0.05, 0.1) is 18.0 Å². The predicted octanol–water partition coefficient (Wildman–Crippen LogP) is 1.35. The summed E-state index contributed by atoms with van der Waals surface area (Å²) in [5.41, 5.74) is 0.449. The van der Waals surface area contributed by atoms with Crippen molar-refractivity contribution in [1.29, 1.82) is 5.26 Å². The van der Waals surface area contributed by atoms with Gasteiger partial charge in [0.25, 0.3) is 0 Å². The molecule has 1 unspecified atom stereocenters. The number of nitrogens with zero attached hydrogens (tertiary/aromatic N) is 2. The van der Waals surface area contributed by atoms with Crippen LogP contribution in [0.25, 0.3) is 0 Å². The van der Waals surface area contributed by atoms with Crippen molar-refractivity contribution in [2.24, 2.45) is 5.92 Å². The van der Waals surface area contributed by atoms with E-state index < -0.39 is 11.9 Å². The topological polar surface area (TPSA) is 93.4 Å². The molecule has 6 nitrogen and oxygen atoms in total. The van der Waals surface area contributed by atoms with Gasteiger partial charge in [0.15, 0.2) is 0 Å². The van der Waals surface area contributed by atoms with Gasteiger partial charge in [-0.2, -0.15) is 5.26 Å². The molecule has 20 heavy (non-hydrogen) atoms. The number of likely N-dealkylation sites (tertiary alicyclic amines) is 1. The Morgan fingerprint density at radius 1 is 1.60 bits per heavy atom. The quantitative estimate of drug-likeness (QED) is 0.874. The average molecular weight is 293 g/mol. The molecule has 1 atom stereocenters. The second-order valence-electron chi connectivity index (χ2n) is 4.74. The van der Waals surface area contributed by atoms with E-state index >= 15 is 0 Å². The number of amides is 1. The molecule has 1 aromatic heterocycles. The van der Waals surface area contributed by atoms with E-state index in [1.165, 1.54) is 11.3 Å². The van der Waals surface area contributed by atoms with Crippen molar-refractivity contribution in [2.45, 2.75) is 12.8 Å². The van der Waals surface area contributed by atoms with Crippen LogP contribution < -0.4 is 5.32 Å². The van der Waals surface area contributed by atoms with Crippen molar-refractivity contribution >= 4 is 28.2 Å². The highest BCUT2D eigenvalue weighted by atomic mass is 32.1. The number of aliphatic carboxylic acids is 1. The van der Waals surface area contributed by atoms with Crippen molar-refractivity contribution in [3.63, 3.8) is 0 Å². The molecule has 1 aliphatic heterocycles. The minimum absolute atomic E-state index is 0.159. The van der Waals surface area contributed by atoms with E-state index in [9.17, 15) is 9.59 Å². The van der Waals surface area contributed by atoms with E-state index in [-0.39, 0.29) is 12.5 Å². The first kappa shape index (κ1) is 14.5. The van der Waals surface area contributed by atoms with Gasteiger partial charge in [-0.15, -0.1) is 11.3 Å². The zero-order valence-electron chi connectivity index (χ0n) is 10.8. The summed E-state index contributed by atoms with van der Waals surface area (Å²) < 4.78 is 0. The third kappa shape index (κ3) is 3.56. The summed E-state index contributed by atoms with van der Waals surface area (Å²) in [5, 5.41) is 22.9. The second kappa shape index (κ2) is 6.50. The first-order chi connectivity index (χ1) is 9.60. The minimum atomic E-state index is -0.805. The Morgan fingerprint density at radius 2 is 2.40 bits per heavy atom. The van der Waals surface area contributed by atoms with Crippen LogP contribution in [0.2, 0.25) is 0 Å². The molecule has 0 spiro atoms. The van der Waals surface area contributed by atoms with E-state index in [1.54, 1.807) is 11.4 Å². The van der Waals surface area contributed by atoms with Crippen LogP contribution >= 0.6 is 11.3 Å². The van der Waals surface area contributed by atoms with Crippen LogP contribution in [0.15, 0.2) is 11.4 Å². The molecule has 0 saturated carbocycles. The Bertz CT molecular complexity index is 549. The fraction of sp³-hybridized carbons (Fsp3) is 0.462. The molecule has 2 N–H and O–H groups in total. The van der Waals surface area contributed by atoms with Crippen molar-refractivity contribution in [1.82, 2.24) is 4.90 Å². The number of anilines is 1. The molecule has 1 amide bonds. The fourth-order valence-electron chi connectivity index (χ4n) is 2.26. The van der Waals surface area contributed by atoms with Crippen LogP contribution in [0.3, 0.4) is 0 Å². The van der Waals surface area contributed by atoms with Gasteiger partial charge >= 0.3 is 5.97 Å².